The Labute approximate surface area is 75.7 Å². The largest absolute Gasteiger partial charge is 0.459 e. The first kappa shape index (κ1) is 9.57. The van der Waals surface area contributed by atoms with E-state index in [9.17, 15) is 9.59 Å². The molecule has 0 saturated heterocycles. The summed E-state index contributed by atoms with van der Waals surface area (Å²) in [5.41, 5.74) is -0.123. The molecule has 5 nitrogen and oxygen atoms in total. The van der Waals surface area contributed by atoms with Crippen LogP contribution in [0.3, 0.4) is 0 Å². The predicted octanol–water partition coefficient (Wildman–Crippen LogP) is -0.0742. The van der Waals surface area contributed by atoms with Crippen LogP contribution in [-0.4, -0.2) is 24.7 Å². The van der Waals surface area contributed by atoms with Crippen LogP contribution in [0.5, 0.6) is 0 Å². The maximum absolute atomic E-state index is 11.2. The molecule has 0 unspecified atom stereocenters. The summed E-state index contributed by atoms with van der Waals surface area (Å²) < 4.78 is 9.82. The first-order valence-electron chi connectivity index (χ1n) is 3.79. The van der Waals surface area contributed by atoms with Crippen molar-refractivity contribution in [3.63, 3.8) is 0 Å². The fraction of sp³-hybridized carbons (Fsp3) is 0.500. The van der Waals surface area contributed by atoms with Crippen LogP contribution < -0.4 is 5.32 Å². The molecule has 5 heteroatoms. The Balaban J connectivity index is 2.85. The molecule has 1 aliphatic heterocycles. The van der Waals surface area contributed by atoms with Crippen molar-refractivity contribution in [1.29, 1.82) is 0 Å². The van der Waals surface area contributed by atoms with Gasteiger partial charge in [0.05, 0.1) is 0 Å². The molecule has 0 spiro atoms. The van der Waals surface area contributed by atoms with Crippen LogP contribution >= 0.6 is 0 Å². The van der Waals surface area contributed by atoms with Crippen LogP contribution in [0.4, 0.5) is 0 Å². The molecule has 1 heterocycles. The lowest BCUT2D eigenvalue weighted by Crippen LogP contribution is -2.38. The number of cyclic esters (lactones) is 1. The van der Waals surface area contributed by atoms with Gasteiger partial charge >= 0.3 is 5.97 Å². The fourth-order valence-electron chi connectivity index (χ4n) is 0.832. The van der Waals surface area contributed by atoms with Crippen LogP contribution in [0.25, 0.3) is 0 Å². The van der Waals surface area contributed by atoms with Gasteiger partial charge in [0.2, 0.25) is 5.79 Å². The molecule has 1 rings (SSSR count). The Morgan fingerprint density at radius 1 is 1.54 bits per heavy atom. The maximum atomic E-state index is 11.2. The molecule has 0 fully saturated rings. The SMILES string of the molecule is CNC(=O)C1=COC(C)(C)OC1=O. The van der Waals surface area contributed by atoms with Crippen molar-refractivity contribution in [3.8, 4) is 0 Å². The molecule has 1 amide bonds. The summed E-state index contributed by atoms with van der Waals surface area (Å²) in [7, 11) is 1.43. The number of amides is 1. The van der Waals surface area contributed by atoms with Gasteiger partial charge < -0.3 is 14.8 Å². The molecule has 1 aliphatic rings. The molecule has 0 aliphatic carbocycles. The second kappa shape index (κ2) is 3.08. The molecule has 0 saturated carbocycles. The summed E-state index contributed by atoms with van der Waals surface area (Å²) in [6.07, 6.45) is 1.12. The third-order valence-electron chi connectivity index (χ3n) is 1.49. The fourth-order valence-corrected chi connectivity index (χ4v) is 0.832. The summed E-state index contributed by atoms with van der Waals surface area (Å²) in [6.45, 7) is 3.17. The third-order valence-corrected chi connectivity index (χ3v) is 1.49. The molecule has 0 atom stereocenters. The molecule has 0 radical (unpaired) electrons. The minimum absolute atomic E-state index is 0.123. The zero-order valence-corrected chi connectivity index (χ0v) is 7.71. The highest BCUT2D eigenvalue weighted by atomic mass is 16.7. The van der Waals surface area contributed by atoms with E-state index in [0.717, 1.165) is 6.26 Å². The zero-order chi connectivity index (χ0) is 10.1. The molecule has 0 aromatic rings. The average Bonchev–Trinajstić information content (AvgIpc) is 2.01. The second-order valence-corrected chi connectivity index (χ2v) is 3.02. The molecule has 1 N–H and O–H groups in total. The smallest absolute Gasteiger partial charge is 0.350 e. The normalized spacial score (nSPS) is 19.6. The van der Waals surface area contributed by atoms with Gasteiger partial charge in [-0.3, -0.25) is 4.79 Å². The zero-order valence-electron chi connectivity index (χ0n) is 7.71. The Kier molecular flexibility index (Phi) is 2.27. The van der Waals surface area contributed by atoms with Gasteiger partial charge in [0.15, 0.2) is 5.57 Å². The van der Waals surface area contributed by atoms with E-state index in [-0.39, 0.29) is 5.57 Å². The summed E-state index contributed by atoms with van der Waals surface area (Å²) >= 11 is 0. The lowest BCUT2D eigenvalue weighted by molar-refractivity contribution is -0.201. The summed E-state index contributed by atoms with van der Waals surface area (Å²) in [6, 6.07) is 0. The van der Waals surface area contributed by atoms with Crippen LogP contribution in [0.15, 0.2) is 11.8 Å². The number of carbonyl (C=O) groups excluding carboxylic acids is 2. The molecule has 72 valence electrons. The Morgan fingerprint density at radius 3 is 2.62 bits per heavy atom. The van der Waals surface area contributed by atoms with Crippen molar-refractivity contribution in [2.75, 3.05) is 7.05 Å². The summed E-state index contributed by atoms with van der Waals surface area (Å²) in [4.78, 5) is 22.2. The molecular weight excluding hydrogens is 174 g/mol. The topological polar surface area (TPSA) is 64.6 Å². The van der Waals surface area contributed by atoms with E-state index in [1.165, 1.54) is 7.05 Å². The van der Waals surface area contributed by atoms with E-state index < -0.39 is 17.7 Å². The van der Waals surface area contributed by atoms with Gasteiger partial charge in [0.1, 0.15) is 6.26 Å². The molecule has 0 aromatic carbocycles. The first-order valence-corrected chi connectivity index (χ1v) is 3.79. The number of ether oxygens (including phenoxy) is 2. The van der Waals surface area contributed by atoms with E-state index in [4.69, 9.17) is 9.47 Å². The van der Waals surface area contributed by atoms with Gasteiger partial charge in [-0.2, -0.15) is 0 Å². The molecular formula is C8H11NO4. The van der Waals surface area contributed by atoms with Gasteiger partial charge in [0, 0.05) is 20.9 Å². The van der Waals surface area contributed by atoms with Crippen LogP contribution in [-0.2, 0) is 19.1 Å². The van der Waals surface area contributed by atoms with Gasteiger partial charge in [-0.1, -0.05) is 0 Å². The molecule has 13 heavy (non-hydrogen) atoms. The van der Waals surface area contributed by atoms with Crippen molar-refractivity contribution >= 4 is 11.9 Å². The number of hydrogen-bond acceptors (Lipinski definition) is 4. The Morgan fingerprint density at radius 2 is 2.15 bits per heavy atom. The highest BCUT2D eigenvalue weighted by Gasteiger charge is 2.33. The van der Waals surface area contributed by atoms with E-state index in [2.05, 4.69) is 5.32 Å². The predicted molar refractivity (Wildman–Crippen MR) is 43.4 cm³/mol. The minimum Gasteiger partial charge on any atom is -0.459 e. The van der Waals surface area contributed by atoms with Crippen molar-refractivity contribution in [2.24, 2.45) is 0 Å². The van der Waals surface area contributed by atoms with E-state index in [1.54, 1.807) is 13.8 Å². The highest BCUT2D eigenvalue weighted by molar-refractivity contribution is 6.16. The van der Waals surface area contributed by atoms with Crippen LogP contribution in [0, 0.1) is 0 Å². The van der Waals surface area contributed by atoms with Gasteiger partial charge in [-0.05, 0) is 0 Å². The number of hydrogen-bond donors (Lipinski definition) is 1. The summed E-state index contributed by atoms with van der Waals surface area (Å²) in [5, 5.41) is 2.30. The van der Waals surface area contributed by atoms with Gasteiger partial charge in [0.25, 0.3) is 5.91 Å². The second-order valence-electron chi connectivity index (χ2n) is 3.02. The molecule has 0 aromatic heterocycles. The first-order chi connectivity index (χ1) is 5.96. The van der Waals surface area contributed by atoms with E-state index in [0.29, 0.717) is 0 Å². The van der Waals surface area contributed by atoms with Crippen molar-refractivity contribution in [3.05, 3.63) is 11.8 Å². The monoisotopic (exact) mass is 185 g/mol. The van der Waals surface area contributed by atoms with Crippen LogP contribution in [0.2, 0.25) is 0 Å². The minimum atomic E-state index is -0.991. The van der Waals surface area contributed by atoms with E-state index >= 15 is 0 Å². The van der Waals surface area contributed by atoms with Crippen molar-refractivity contribution in [1.82, 2.24) is 5.32 Å². The summed E-state index contributed by atoms with van der Waals surface area (Å²) in [5.74, 6) is -2.18. The number of esters is 1. The average molecular weight is 185 g/mol. The number of nitrogens with one attached hydrogen (secondary N) is 1. The lowest BCUT2D eigenvalue weighted by atomic mass is 10.2. The van der Waals surface area contributed by atoms with Crippen molar-refractivity contribution < 1.29 is 19.1 Å². The standard InChI is InChI=1S/C8H11NO4/c1-8(2)12-4-5(6(10)9-3)7(11)13-8/h4H,1-3H3,(H,9,10). The molecule has 0 bridgehead atoms. The third kappa shape index (κ3) is 1.99. The van der Waals surface area contributed by atoms with E-state index in [1.807, 2.05) is 0 Å². The Hall–Kier alpha value is -1.52. The van der Waals surface area contributed by atoms with Gasteiger partial charge in [-0.15, -0.1) is 0 Å². The number of rotatable bonds is 1. The Bertz CT molecular complexity index is 280. The van der Waals surface area contributed by atoms with Crippen molar-refractivity contribution in [2.45, 2.75) is 19.6 Å². The number of likely N-dealkylation sites (N-methyl/N-ethyl adjacent to an activating group) is 1. The lowest BCUT2D eigenvalue weighted by Gasteiger charge is -2.28. The van der Waals surface area contributed by atoms with Crippen LogP contribution in [0.1, 0.15) is 13.8 Å². The quantitative estimate of drug-likeness (QED) is 0.458. The van der Waals surface area contributed by atoms with Gasteiger partial charge in [-0.25, -0.2) is 4.79 Å². The number of carbonyl (C=O) groups is 2. The highest BCUT2D eigenvalue weighted by Crippen LogP contribution is 2.20. The maximum Gasteiger partial charge on any atom is 0.350 e.